The molecular weight excluding hydrogens is 363 g/mol. The lowest BCUT2D eigenvalue weighted by molar-refractivity contribution is 0.296. The molecule has 5 heteroatoms. The Bertz CT molecular complexity index is 784. The second-order valence-corrected chi connectivity index (χ2v) is 6.82. The van der Waals surface area contributed by atoms with E-state index in [2.05, 4.69) is 0 Å². The highest BCUT2D eigenvalue weighted by Gasteiger charge is 2.03. The van der Waals surface area contributed by atoms with Gasteiger partial charge >= 0.3 is 0 Å². The summed E-state index contributed by atoms with van der Waals surface area (Å²) in [4.78, 5) is 0. The van der Waals surface area contributed by atoms with Gasteiger partial charge in [0.1, 0.15) is 18.1 Å². The van der Waals surface area contributed by atoms with Gasteiger partial charge in [-0.05, 0) is 35.2 Å². The second kappa shape index (κ2) is 8.43. The van der Waals surface area contributed by atoms with Crippen molar-refractivity contribution in [2.45, 2.75) is 13.0 Å². The van der Waals surface area contributed by atoms with Crippen molar-refractivity contribution in [2.75, 3.05) is 6.61 Å². The summed E-state index contributed by atoms with van der Waals surface area (Å²) >= 11 is 13.5. The highest BCUT2D eigenvalue weighted by Crippen LogP contribution is 2.24. The molecule has 124 valence electrons. The van der Waals surface area contributed by atoms with Crippen molar-refractivity contribution >= 4 is 34.5 Å². The summed E-state index contributed by atoms with van der Waals surface area (Å²) in [5.41, 5.74) is 2.19. The van der Waals surface area contributed by atoms with Gasteiger partial charge in [-0.3, -0.25) is 0 Å². The standard InChI is InChI=1S/C19H16Cl2O2S/c20-16-6-4-14(5-7-16)8-9-22-17-2-1-3-18(10-17)23-11-15-12-24-13-19(15)21/h1-7,10,12-13H,8-9,11H2. The summed E-state index contributed by atoms with van der Waals surface area (Å²) in [5, 5.41) is 5.39. The van der Waals surface area contributed by atoms with Gasteiger partial charge in [-0.1, -0.05) is 41.4 Å². The molecule has 0 aliphatic carbocycles. The number of thiophene rings is 1. The van der Waals surface area contributed by atoms with Crippen LogP contribution in [0.3, 0.4) is 0 Å². The maximum atomic E-state index is 6.07. The van der Waals surface area contributed by atoms with Crippen LogP contribution in [0.2, 0.25) is 10.0 Å². The first-order valence-corrected chi connectivity index (χ1v) is 9.21. The predicted molar refractivity (Wildman–Crippen MR) is 101 cm³/mol. The Morgan fingerprint density at radius 1 is 0.875 bits per heavy atom. The van der Waals surface area contributed by atoms with E-state index in [1.807, 2.05) is 59.3 Å². The van der Waals surface area contributed by atoms with Crippen molar-refractivity contribution in [3.63, 3.8) is 0 Å². The molecular formula is C19H16Cl2O2S. The van der Waals surface area contributed by atoms with Gasteiger partial charge in [0.05, 0.1) is 11.6 Å². The molecule has 0 fully saturated rings. The van der Waals surface area contributed by atoms with Crippen molar-refractivity contribution in [3.8, 4) is 11.5 Å². The summed E-state index contributed by atoms with van der Waals surface area (Å²) in [5.74, 6) is 1.55. The Hall–Kier alpha value is -1.68. The van der Waals surface area contributed by atoms with Crippen LogP contribution in [0.1, 0.15) is 11.1 Å². The fraction of sp³-hybridized carbons (Fsp3) is 0.158. The van der Waals surface area contributed by atoms with Crippen molar-refractivity contribution < 1.29 is 9.47 Å². The molecule has 0 N–H and O–H groups in total. The van der Waals surface area contributed by atoms with E-state index in [0.29, 0.717) is 13.2 Å². The summed E-state index contributed by atoms with van der Waals surface area (Å²) in [6.07, 6.45) is 0.826. The zero-order chi connectivity index (χ0) is 16.8. The summed E-state index contributed by atoms with van der Waals surface area (Å²) in [6.45, 7) is 1.05. The summed E-state index contributed by atoms with van der Waals surface area (Å²) < 4.78 is 11.6. The first-order chi connectivity index (χ1) is 11.7. The average Bonchev–Trinajstić information content (AvgIpc) is 3.00. The molecule has 1 heterocycles. The zero-order valence-electron chi connectivity index (χ0n) is 12.9. The summed E-state index contributed by atoms with van der Waals surface area (Å²) in [6, 6.07) is 15.4. The highest BCUT2D eigenvalue weighted by atomic mass is 35.5. The molecule has 3 aromatic rings. The van der Waals surface area contributed by atoms with Crippen LogP contribution in [0.25, 0.3) is 0 Å². The largest absolute Gasteiger partial charge is 0.493 e. The number of halogens is 2. The maximum Gasteiger partial charge on any atom is 0.123 e. The van der Waals surface area contributed by atoms with E-state index in [9.17, 15) is 0 Å². The van der Waals surface area contributed by atoms with Crippen LogP contribution in [0, 0.1) is 0 Å². The first-order valence-electron chi connectivity index (χ1n) is 7.51. The molecule has 0 spiro atoms. The van der Waals surface area contributed by atoms with E-state index in [1.54, 1.807) is 11.3 Å². The lowest BCUT2D eigenvalue weighted by atomic mass is 10.2. The molecule has 0 radical (unpaired) electrons. The minimum atomic E-state index is 0.455. The van der Waals surface area contributed by atoms with E-state index < -0.39 is 0 Å². The Morgan fingerprint density at radius 2 is 1.62 bits per heavy atom. The number of hydrogen-bond donors (Lipinski definition) is 0. The van der Waals surface area contributed by atoms with E-state index in [1.165, 1.54) is 5.56 Å². The molecule has 2 nitrogen and oxygen atoms in total. The van der Waals surface area contributed by atoms with Gasteiger partial charge in [0.2, 0.25) is 0 Å². The van der Waals surface area contributed by atoms with Crippen LogP contribution in [0.15, 0.2) is 59.3 Å². The van der Waals surface area contributed by atoms with Gasteiger partial charge in [0, 0.05) is 28.5 Å². The number of rotatable bonds is 7. The van der Waals surface area contributed by atoms with Crippen LogP contribution in [0.4, 0.5) is 0 Å². The Kier molecular flexibility index (Phi) is 6.02. The molecule has 0 bridgehead atoms. The van der Waals surface area contributed by atoms with Crippen LogP contribution in [-0.2, 0) is 13.0 Å². The topological polar surface area (TPSA) is 18.5 Å². The lowest BCUT2D eigenvalue weighted by Crippen LogP contribution is -2.01. The zero-order valence-corrected chi connectivity index (χ0v) is 15.2. The van der Waals surface area contributed by atoms with Crippen molar-refractivity contribution in [2.24, 2.45) is 0 Å². The van der Waals surface area contributed by atoms with Gasteiger partial charge in [-0.25, -0.2) is 0 Å². The predicted octanol–water partition coefficient (Wildman–Crippen LogP) is 6.26. The molecule has 0 atom stereocenters. The van der Waals surface area contributed by atoms with Gasteiger partial charge in [0.25, 0.3) is 0 Å². The molecule has 0 saturated heterocycles. The molecule has 0 unspecified atom stereocenters. The van der Waals surface area contributed by atoms with Crippen molar-refractivity contribution in [1.29, 1.82) is 0 Å². The third kappa shape index (κ3) is 4.91. The number of ether oxygens (including phenoxy) is 2. The quantitative estimate of drug-likeness (QED) is 0.483. The van der Waals surface area contributed by atoms with Gasteiger partial charge in [-0.15, -0.1) is 0 Å². The van der Waals surface area contributed by atoms with Crippen LogP contribution < -0.4 is 9.47 Å². The minimum absolute atomic E-state index is 0.455. The number of benzene rings is 2. The van der Waals surface area contributed by atoms with Crippen molar-refractivity contribution in [3.05, 3.63) is 80.5 Å². The maximum absolute atomic E-state index is 6.07. The summed E-state index contributed by atoms with van der Waals surface area (Å²) in [7, 11) is 0. The number of hydrogen-bond acceptors (Lipinski definition) is 3. The third-order valence-corrected chi connectivity index (χ3v) is 4.99. The molecule has 0 saturated carbocycles. The fourth-order valence-corrected chi connectivity index (χ4v) is 3.32. The SMILES string of the molecule is Clc1ccc(CCOc2cccc(OCc3cscc3Cl)c2)cc1. The Morgan fingerprint density at radius 3 is 2.33 bits per heavy atom. The molecule has 1 aromatic heterocycles. The van der Waals surface area contributed by atoms with E-state index >= 15 is 0 Å². The molecule has 24 heavy (non-hydrogen) atoms. The first kappa shape index (κ1) is 17.2. The van der Waals surface area contributed by atoms with Gasteiger partial charge in [-0.2, -0.15) is 11.3 Å². The third-order valence-electron chi connectivity index (χ3n) is 3.46. The van der Waals surface area contributed by atoms with E-state index in [0.717, 1.165) is 33.5 Å². The molecule has 0 aliphatic heterocycles. The van der Waals surface area contributed by atoms with Gasteiger partial charge in [0.15, 0.2) is 0 Å². The van der Waals surface area contributed by atoms with Gasteiger partial charge < -0.3 is 9.47 Å². The Labute approximate surface area is 155 Å². The molecule has 3 rings (SSSR count). The molecule has 0 amide bonds. The average molecular weight is 379 g/mol. The normalized spacial score (nSPS) is 10.6. The fourth-order valence-electron chi connectivity index (χ4n) is 2.16. The Balaban J connectivity index is 1.51. The van der Waals surface area contributed by atoms with Crippen LogP contribution in [-0.4, -0.2) is 6.61 Å². The van der Waals surface area contributed by atoms with E-state index in [4.69, 9.17) is 32.7 Å². The monoisotopic (exact) mass is 378 g/mol. The molecule has 2 aromatic carbocycles. The second-order valence-electron chi connectivity index (χ2n) is 5.23. The van der Waals surface area contributed by atoms with E-state index in [-0.39, 0.29) is 0 Å². The van der Waals surface area contributed by atoms with Crippen LogP contribution in [0.5, 0.6) is 11.5 Å². The van der Waals surface area contributed by atoms with Crippen molar-refractivity contribution in [1.82, 2.24) is 0 Å². The van der Waals surface area contributed by atoms with Crippen LogP contribution >= 0.6 is 34.5 Å². The lowest BCUT2D eigenvalue weighted by Gasteiger charge is -2.09. The highest BCUT2D eigenvalue weighted by molar-refractivity contribution is 7.08. The minimum Gasteiger partial charge on any atom is -0.493 e. The smallest absolute Gasteiger partial charge is 0.123 e. The molecule has 0 aliphatic rings.